The molecule has 0 heterocycles. The van der Waals surface area contributed by atoms with Gasteiger partial charge < -0.3 is 15.4 Å². The maximum Gasteiger partial charge on any atom is 0.262 e. The van der Waals surface area contributed by atoms with Gasteiger partial charge in [0.25, 0.3) is 10.0 Å². The Bertz CT molecular complexity index is 871. The van der Waals surface area contributed by atoms with E-state index in [4.69, 9.17) is 28.6 Å². The second kappa shape index (κ2) is 9.18. The molecule has 2 rings (SSSR count). The zero-order valence-corrected chi connectivity index (χ0v) is 16.8. The van der Waals surface area contributed by atoms with Gasteiger partial charge in [0.1, 0.15) is 0 Å². The highest BCUT2D eigenvalue weighted by molar-refractivity contribution is 7.92. The molecule has 0 aliphatic rings. The van der Waals surface area contributed by atoms with Crippen molar-refractivity contribution < 1.29 is 13.2 Å². The Kier molecular flexibility index (Phi) is 7.22. The average molecular weight is 414 g/mol. The number of methoxy groups -OCH3 is 1. The normalized spacial score (nSPS) is 11.0. The standard InChI is InChI=1S/C17H20ClN3O3S2/c1-12-3-6-15(20-17(25)19-9-10-24-2)11-16(12)26(22,23)21-14-7-4-13(18)5-8-14/h3-8,11,21H,9-10H2,1-2H3,(H2,19,20,25). The van der Waals surface area contributed by atoms with Crippen molar-refractivity contribution in [2.24, 2.45) is 0 Å². The lowest BCUT2D eigenvalue weighted by Gasteiger charge is -2.14. The van der Waals surface area contributed by atoms with Gasteiger partial charge in [0.05, 0.1) is 11.5 Å². The van der Waals surface area contributed by atoms with E-state index in [0.717, 1.165) is 0 Å². The largest absolute Gasteiger partial charge is 0.383 e. The number of thiocarbonyl (C=S) groups is 1. The number of hydrogen-bond donors (Lipinski definition) is 3. The Morgan fingerprint density at radius 3 is 2.46 bits per heavy atom. The van der Waals surface area contributed by atoms with E-state index in [-0.39, 0.29) is 4.90 Å². The molecule has 3 N–H and O–H groups in total. The molecule has 0 bridgehead atoms. The summed E-state index contributed by atoms with van der Waals surface area (Å²) in [6.45, 7) is 2.80. The highest BCUT2D eigenvalue weighted by Gasteiger charge is 2.18. The number of halogens is 1. The molecule has 26 heavy (non-hydrogen) atoms. The molecule has 0 aliphatic carbocycles. The summed E-state index contributed by atoms with van der Waals surface area (Å²) >= 11 is 11.0. The highest BCUT2D eigenvalue weighted by Crippen LogP contribution is 2.23. The van der Waals surface area contributed by atoms with Gasteiger partial charge in [0.15, 0.2) is 5.11 Å². The summed E-state index contributed by atoms with van der Waals surface area (Å²) in [6.07, 6.45) is 0. The molecule has 0 radical (unpaired) electrons. The van der Waals surface area contributed by atoms with Crippen molar-refractivity contribution in [3.63, 3.8) is 0 Å². The van der Waals surface area contributed by atoms with E-state index in [0.29, 0.717) is 40.2 Å². The van der Waals surface area contributed by atoms with Gasteiger partial charge in [-0.3, -0.25) is 4.72 Å². The van der Waals surface area contributed by atoms with Crippen molar-refractivity contribution in [1.82, 2.24) is 5.32 Å². The molecule has 0 fully saturated rings. The predicted molar refractivity (Wildman–Crippen MR) is 110 cm³/mol. The van der Waals surface area contributed by atoms with Gasteiger partial charge in [0.2, 0.25) is 0 Å². The molecule has 9 heteroatoms. The summed E-state index contributed by atoms with van der Waals surface area (Å²) in [5.41, 5.74) is 1.63. The fraction of sp³-hybridized carbons (Fsp3) is 0.235. The maximum atomic E-state index is 12.7. The third kappa shape index (κ3) is 5.84. The molecule has 2 aromatic carbocycles. The van der Waals surface area contributed by atoms with Crippen LogP contribution in [-0.2, 0) is 14.8 Å². The number of aryl methyl sites for hydroxylation is 1. The van der Waals surface area contributed by atoms with Crippen LogP contribution in [0, 0.1) is 6.92 Å². The molecular weight excluding hydrogens is 394 g/mol. The number of sulfonamides is 1. The zero-order valence-electron chi connectivity index (χ0n) is 14.4. The van der Waals surface area contributed by atoms with Crippen molar-refractivity contribution in [2.45, 2.75) is 11.8 Å². The van der Waals surface area contributed by atoms with Gasteiger partial charge in [-0.2, -0.15) is 0 Å². The van der Waals surface area contributed by atoms with Crippen LogP contribution in [0.15, 0.2) is 47.4 Å². The average Bonchev–Trinajstić information content (AvgIpc) is 2.58. The number of nitrogens with one attached hydrogen (secondary N) is 3. The van der Waals surface area contributed by atoms with Crippen LogP contribution in [0.4, 0.5) is 11.4 Å². The van der Waals surface area contributed by atoms with Crippen LogP contribution < -0.4 is 15.4 Å². The Morgan fingerprint density at radius 1 is 1.15 bits per heavy atom. The lowest BCUT2D eigenvalue weighted by atomic mass is 10.2. The maximum absolute atomic E-state index is 12.7. The minimum Gasteiger partial charge on any atom is -0.383 e. The van der Waals surface area contributed by atoms with E-state index < -0.39 is 10.0 Å². The number of benzene rings is 2. The van der Waals surface area contributed by atoms with Crippen LogP contribution in [0.3, 0.4) is 0 Å². The van der Waals surface area contributed by atoms with Crippen molar-refractivity contribution in [3.05, 3.63) is 53.1 Å². The molecule has 0 spiro atoms. The van der Waals surface area contributed by atoms with E-state index in [1.165, 1.54) is 6.07 Å². The molecule has 0 aliphatic heterocycles. The van der Waals surface area contributed by atoms with Crippen LogP contribution in [0.25, 0.3) is 0 Å². The van der Waals surface area contributed by atoms with Gasteiger partial charge in [0, 0.05) is 30.1 Å². The molecule has 140 valence electrons. The quantitative estimate of drug-likeness (QED) is 0.477. The molecule has 0 aromatic heterocycles. The van der Waals surface area contributed by atoms with Crippen molar-refractivity contribution >= 4 is 50.3 Å². The lowest BCUT2D eigenvalue weighted by Crippen LogP contribution is -2.31. The van der Waals surface area contributed by atoms with Crippen LogP contribution in [0.2, 0.25) is 5.02 Å². The number of ether oxygens (including phenoxy) is 1. The molecule has 0 unspecified atom stereocenters. The zero-order chi connectivity index (χ0) is 19.2. The van der Waals surface area contributed by atoms with E-state index in [1.807, 2.05) is 0 Å². The predicted octanol–water partition coefficient (Wildman–Crippen LogP) is 3.38. The van der Waals surface area contributed by atoms with Crippen molar-refractivity contribution in [1.29, 1.82) is 0 Å². The topological polar surface area (TPSA) is 79.5 Å². The van der Waals surface area contributed by atoms with Gasteiger partial charge in [-0.1, -0.05) is 17.7 Å². The Balaban J connectivity index is 2.17. The molecule has 6 nitrogen and oxygen atoms in total. The van der Waals surface area contributed by atoms with Crippen molar-refractivity contribution in [2.75, 3.05) is 30.3 Å². The first-order valence-corrected chi connectivity index (χ1v) is 10.0. The first-order valence-electron chi connectivity index (χ1n) is 7.74. The molecule has 0 amide bonds. The summed E-state index contributed by atoms with van der Waals surface area (Å²) in [4.78, 5) is 0.164. The van der Waals surface area contributed by atoms with E-state index >= 15 is 0 Å². The highest BCUT2D eigenvalue weighted by atomic mass is 35.5. The van der Waals surface area contributed by atoms with E-state index in [9.17, 15) is 8.42 Å². The Morgan fingerprint density at radius 2 is 1.81 bits per heavy atom. The molecule has 0 saturated carbocycles. The van der Waals surface area contributed by atoms with Gasteiger partial charge in [-0.05, 0) is 61.1 Å². The van der Waals surface area contributed by atoms with Gasteiger partial charge in [-0.15, -0.1) is 0 Å². The first-order chi connectivity index (χ1) is 12.3. The third-order valence-electron chi connectivity index (χ3n) is 3.42. The van der Waals surface area contributed by atoms with Crippen molar-refractivity contribution in [3.8, 4) is 0 Å². The molecule has 0 saturated heterocycles. The smallest absolute Gasteiger partial charge is 0.262 e. The summed E-state index contributed by atoms with van der Waals surface area (Å²) in [7, 11) is -2.15. The van der Waals surface area contributed by atoms with E-state index in [2.05, 4.69) is 15.4 Å². The summed E-state index contributed by atoms with van der Waals surface area (Å²) in [5, 5.41) is 6.86. The van der Waals surface area contributed by atoms with E-state index in [1.54, 1.807) is 50.4 Å². The van der Waals surface area contributed by atoms with Crippen LogP contribution >= 0.6 is 23.8 Å². The fourth-order valence-corrected chi connectivity index (χ4v) is 3.81. The monoisotopic (exact) mass is 413 g/mol. The Hall–Kier alpha value is -1.87. The summed E-state index contributed by atoms with van der Waals surface area (Å²) < 4.78 is 32.9. The number of hydrogen-bond acceptors (Lipinski definition) is 4. The lowest BCUT2D eigenvalue weighted by molar-refractivity contribution is 0.204. The minimum atomic E-state index is -3.75. The van der Waals surface area contributed by atoms with Crippen LogP contribution in [-0.4, -0.2) is 33.8 Å². The SMILES string of the molecule is COCCNC(=S)Nc1ccc(C)c(S(=O)(=O)Nc2ccc(Cl)cc2)c1. The minimum absolute atomic E-state index is 0.164. The summed E-state index contributed by atoms with van der Waals surface area (Å²) in [5.74, 6) is 0. The third-order valence-corrected chi connectivity index (χ3v) is 5.45. The number of rotatable bonds is 7. The molecule has 0 atom stereocenters. The van der Waals surface area contributed by atoms with Crippen LogP contribution in [0.5, 0.6) is 0 Å². The van der Waals surface area contributed by atoms with Gasteiger partial charge >= 0.3 is 0 Å². The molecule has 2 aromatic rings. The second-order valence-electron chi connectivity index (χ2n) is 5.47. The number of anilines is 2. The second-order valence-corrected chi connectivity index (χ2v) is 7.96. The van der Waals surface area contributed by atoms with Gasteiger partial charge in [-0.25, -0.2) is 8.42 Å². The Labute approximate surface area is 163 Å². The first kappa shape index (κ1) is 20.4. The summed E-state index contributed by atoms with van der Waals surface area (Å²) in [6, 6.07) is 11.5. The van der Waals surface area contributed by atoms with Crippen LogP contribution in [0.1, 0.15) is 5.56 Å². The molecular formula is C17H20ClN3O3S2. The fourth-order valence-electron chi connectivity index (χ4n) is 2.14.